The van der Waals surface area contributed by atoms with E-state index in [0.717, 1.165) is 48.1 Å². The highest BCUT2D eigenvalue weighted by Crippen LogP contribution is 2.43. The molecule has 3 aliphatic rings. The predicted molar refractivity (Wildman–Crippen MR) is 120 cm³/mol. The van der Waals surface area contributed by atoms with E-state index < -0.39 is 0 Å². The molecule has 5 rings (SSSR count). The van der Waals surface area contributed by atoms with Crippen molar-refractivity contribution in [3.63, 3.8) is 0 Å². The lowest BCUT2D eigenvalue weighted by atomic mass is 9.96. The Bertz CT molecular complexity index is 899. The Balaban J connectivity index is 1.33. The number of benzene rings is 1. The SMILES string of the molecule is Cc1ccc(N2C(=O)CC(C(=O)NC3CCN(C4CC4)CC3)C2c2cccs2)cc1. The zero-order chi connectivity index (χ0) is 20.7. The fourth-order valence-electron chi connectivity index (χ4n) is 4.92. The third-order valence-corrected chi connectivity index (χ3v) is 7.69. The van der Waals surface area contributed by atoms with E-state index in [1.54, 1.807) is 11.3 Å². The summed E-state index contributed by atoms with van der Waals surface area (Å²) in [6.45, 7) is 4.18. The van der Waals surface area contributed by atoms with Crippen molar-refractivity contribution in [3.05, 3.63) is 52.2 Å². The van der Waals surface area contributed by atoms with Gasteiger partial charge in [0.25, 0.3) is 0 Å². The molecular weight excluding hydrogens is 394 g/mol. The van der Waals surface area contributed by atoms with E-state index in [2.05, 4.69) is 10.2 Å². The fraction of sp³-hybridized carbons (Fsp3) is 0.500. The van der Waals surface area contributed by atoms with Crippen LogP contribution in [0.15, 0.2) is 41.8 Å². The van der Waals surface area contributed by atoms with Crippen molar-refractivity contribution in [2.45, 2.75) is 57.2 Å². The van der Waals surface area contributed by atoms with Gasteiger partial charge in [0.2, 0.25) is 11.8 Å². The molecule has 5 nitrogen and oxygen atoms in total. The minimum absolute atomic E-state index is 0.0287. The van der Waals surface area contributed by atoms with Crippen LogP contribution in [-0.2, 0) is 9.59 Å². The van der Waals surface area contributed by atoms with Crippen LogP contribution in [0.2, 0.25) is 0 Å². The summed E-state index contributed by atoms with van der Waals surface area (Å²) in [7, 11) is 0. The van der Waals surface area contributed by atoms with Crippen molar-refractivity contribution in [3.8, 4) is 0 Å². The van der Waals surface area contributed by atoms with E-state index >= 15 is 0 Å². The van der Waals surface area contributed by atoms with Gasteiger partial charge in [0.1, 0.15) is 0 Å². The van der Waals surface area contributed by atoms with Crippen LogP contribution in [0.3, 0.4) is 0 Å². The van der Waals surface area contributed by atoms with Gasteiger partial charge < -0.3 is 15.1 Å². The highest BCUT2D eigenvalue weighted by atomic mass is 32.1. The molecule has 0 radical (unpaired) electrons. The van der Waals surface area contributed by atoms with Gasteiger partial charge in [-0.3, -0.25) is 9.59 Å². The highest BCUT2D eigenvalue weighted by Gasteiger charge is 2.46. The molecule has 3 heterocycles. The van der Waals surface area contributed by atoms with E-state index in [1.807, 2.05) is 53.6 Å². The lowest BCUT2D eigenvalue weighted by Gasteiger charge is -2.33. The maximum Gasteiger partial charge on any atom is 0.228 e. The Morgan fingerprint density at radius 2 is 1.80 bits per heavy atom. The minimum Gasteiger partial charge on any atom is -0.353 e. The summed E-state index contributed by atoms with van der Waals surface area (Å²) >= 11 is 1.62. The molecule has 1 saturated carbocycles. The van der Waals surface area contributed by atoms with Gasteiger partial charge in [-0.05, 0) is 56.2 Å². The van der Waals surface area contributed by atoms with Crippen molar-refractivity contribution >= 4 is 28.8 Å². The molecular formula is C24H29N3O2S. The molecule has 2 atom stereocenters. The van der Waals surface area contributed by atoms with Gasteiger partial charge in [-0.1, -0.05) is 23.8 Å². The first kappa shape index (κ1) is 19.8. The molecule has 1 aliphatic carbocycles. The highest BCUT2D eigenvalue weighted by molar-refractivity contribution is 7.10. The zero-order valence-corrected chi connectivity index (χ0v) is 18.2. The van der Waals surface area contributed by atoms with Crippen molar-refractivity contribution in [2.75, 3.05) is 18.0 Å². The van der Waals surface area contributed by atoms with Crippen LogP contribution in [0.4, 0.5) is 5.69 Å². The normalized spacial score (nSPS) is 25.6. The standard InChI is InChI=1S/C24H29N3O2S/c1-16-4-6-19(7-5-16)27-22(28)15-20(23(27)21-3-2-14-30-21)24(29)25-17-10-12-26(13-11-17)18-8-9-18/h2-7,14,17-18,20,23H,8-13,15H2,1H3,(H,25,29). The third-order valence-electron chi connectivity index (χ3n) is 6.75. The molecule has 1 aromatic carbocycles. The lowest BCUT2D eigenvalue weighted by Crippen LogP contribution is -2.47. The first-order valence-corrected chi connectivity index (χ1v) is 11.9. The van der Waals surface area contributed by atoms with Gasteiger partial charge in [-0.15, -0.1) is 11.3 Å². The van der Waals surface area contributed by atoms with Crippen molar-refractivity contribution in [2.24, 2.45) is 5.92 Å². The summed E-state index contributed by atoms with van der Waals surface area (Å²) in [5, 5.41) is 5.32. The first-order valence-electron chi connectivity index (χ1n) is 11.1. The number of likely N-dealkylation sites (tertiary alicyclic amines) is 1. The Morgan fingerprint density at radius 3 is 2.43 bits per heavy atom. The number of thiophene rings is 1. The molecule has 2 aromatic rings. The molecule has 2 aliphatic heterocycles. The second kappa shape index (κ2) is 8.16. The number of aryl methyl sites for hydroxylation is 1. The summed E-state index contributed by atoms with van der Waals surface area (Å²) in [5.41, 5.74) is 2.03. The number of amides is 2. The van der Waals surface area contributed by atoms with Gasteiger partial charge in [0, 0.05) is 42.2 Å². The van der Waals surface area contributed by atoms with Crippen LogP contribution in [0.1, 0.15) is 48.6 Å². The Hall–Kier alpha value is -2.18. The van der Waals surface area contributed by atoms with Gasteiger partial charge in [0.15, 0.2) is 0 Å². The predicted octanol–water partition coefficient (Wildman–Crippen LogP) is 3.89. The van der Waals surface area contributed by atoms with Gasteiger partial charge in [-0.2, -0.15) is 0 Å². The summed E-state index contributed by atoms with van der Waals surface area (Å²) in [6, 6.07) is 12.8. The molecule has 0 bridgehead atoms. The van der Waals surface area contributed by atoms with Crippen LogP contribution >= 0.6 is 11.3 Å². The number of anilines is 1. The van der Waals surface area contributed by atoms with Gasteiger partial charge in [0.05, 0.1) is 12.0 Å². The van der Waals surface area contributed by atoms with Crippen molar-refractivity contribution in [1.29, 1.82) is 0 Å². The Labute approximate surface area is 182 Å². The van der Waals surface area contributed by atoms with Crippen LogP contribution in [0.25, 0.3) is 0 Å². The molecule has 30 heavy (non-hydrogen) atoms. The monoisotopic (exact) mass is 423 g/mol. The minimum atomic E-state index is -0.348. The topological polar surface area (TPSA) is 52.7 Å². The van der Waals surface area contributed by atoms with Gasteiger partial charge in [-0.25, -0.2) is 0 Å². The van der Waals surface area contributed by atoms with E-state index in [0.29, 0.717) is 0 Å². The lowest BCUT2D eigenvalue weighted by molar-refractivity contribution is -0.127. The fourth-order valence-corrected chi connectivity index (χ4v) is 5.80. The summed E-state index contributed by atoms with van der Waals surface area (Å²) in [5.74, 6) is -0.291. The largest absolute Gasteiger partial charge is 0.353 e. The van der Waals surface area contributed by atoms with Crippen LogP contribution in [0, 0.1) is 12.8 Å². The molecule has 1 N–H and O–H groups in total. The third kappa shape index (κ3) is 3.91. The number of hydrogen-bond acceptors (Lipinski definition) is 4. The molecule has 0 spiro atoms. The average Bonchev–Trinajstić information content (AvgIpc) is 3.34. The molecule has 2 unspecified atom stereocenters. The van der Waals surface area contributed by atoms with E-state index in [4.69, 9.17) is 0 Å². The maximum absolute atomic E-state index is 13.3. The molecule has 2 saturated heterocycles. The number of piperidine rings is 1. The number of nitrogens with zero attached hydrogens (tertiary/aromatic N) is 2. The average molecular weight is 424 g/mol. The van der Waals surface area contributed by atoms with Crippen LogP contribution in [0.5, 0.6) is 0 Å². The van der Waals surface area contributed by atoms with E-state index in [9.17, 15) is 9.59 Å². The molecule has 1 aromatic heterocycles. The van der Waals surface area contributed by atoms with Crippen LogP contribution < -0.4 is 10.2 Å². The molecule has 2 amide bonds. The van der Waals surface area contributed by atoms with Crippen molar-refractivity contribution in [1.82, 2.24) is 10.2 Å². The maximum atomic E-state index is 13.3. The number of carbonyl (C=O) groups excluding carboxylic acids is 2. The molecule has 3 fully saturated rings. The second-order valence-corrected chi connectivity index (χ2v) is 9.90. The quantitative estimate of drug-likeness (QED) is 0.794. The molecule has 158 valence electrons. The smallest absolute Gasteiger partial charge is 0.228 e. The zero-order valence-electron chi connectivity index (χ0n) is 17.4. The van der Waals surface area contributed by atoms with E-state index in [-0.39, 0.29) is 36.2 Å². The van der Waals surface area contributed by atoms with Crippen LogP contribution in [-0.4, -0.2) is 41.9 Å². The number of rotatable bonds is 5. The summed E-state index contributed by atoms with van der Waals surface area (Å²) < 4.78 is 0. The number of nitrogens with one attached hydrogen (secondary N) is 1. The second-order valence-electron chi connectivity index (χ2n) is 8.92. The first-order chi connectivity index (χ1) is 14.6. The van der Waals surface area contributed by atoms with Gasteiger partial charge >= 0.3 is 0 Å². The molecule has 6 heteroatoms. The Kier molecular flexibility index (Phi) is 5.37. The summed E-state index contributed by atoms with van der Waals surface area (Å²) in [4.78, 5) is 31.8. The van der Waals surface area contributed by atoms with Crippen molar-refractivity contribution < 1.29 is 9.59 Å². The number of carbonyl (C=O) groups is 2. The number of hydrogen-bond donors (Lipinski definition) is 1. The summed E-state index contributed by atoms with van der Waals surface area (Å²) in [6.07, 6.45) is 4.95. The Morgan fingerprint density at radius 1 is 1.07 bits per heavy atom. The van der Waals surface area contributed by atoms with E-state index in [1.165, 1.54) is 12.8 Å².